The first-order valence-electron chi connectivity index (χ1n) is 6.82. The van der Waals surface area contributed by atoms with Gasteiger partial charge in [-0.2, -0.15) is 0 Å². The molecule has 2 N–H and O–H groups in total. The van der Waals surface area contributed by atoms with Crippen LogP contribution in [0.5, 0.6) is 0 Å². The normalized spacial score (nSPS) is 11.2. The average molecular weight is 390 g/mol. The van der Waals surface area contributed by atoms with Crippen molar-refractivity contribution in [1.82, 2.24) is 15.5 Å². The van der Waals surface area contributed by atoms with Crippen molar-refractivity contribution in [2.45, 2.75) is 26.4 Å². The zero-order valence-electron chi connectivity index (χ0n) is 12.9. The molecule has 1 rings (SSSR count). The first-order chi connectivity index (χ1) is 9.15. The molecule has 0 aliphatic carbocycles. The molecule has 0 fully saturated rings. The van der Waals surface area contributed by atoms with Gasteiger partial charge >= 0.3 is 0 Å². The number of guanidine groups is 1. The van der Waals surface area contributed by atoms with E-state index in [4.69, 9.17) is 0 Å². The molecule has 0 atom stereocenters. The maximum atomic E-state index is 4.19. The van der Waals surface area contributed by atoms with E-state index in [2.05, 4.69) is 65.8 Å². The minimum absolute atomic E-state index is 0. The summed E-state index contributed by atoms with van der Waals surface area (Å²) in [6.45, 7) is 4.87. The highest BCUT2D eigenvalue weighted by Crippen LogP contribution is 2.05. The van der Waals surface area contributed by atoms with Gasteiger partial charge < -0.3 is 15.5 Å². The quantitative estimate of drug-likeness (QED) is 0.445. The van der Waals surface area contributed by atoms with Crippen LogP contribution >= 0.6 is 24.0 Å². The number of aliphatic imine (C=N–C) groups is 1. The van der Waals surface area contributed by atoms with E-state index in [9.17, 15) is 0 Å². The third kappa shape index (κ3) is 7.69. The van der Waals surface area contributed by atoms with E-state index in [-0.39, 0.29) is 24.0 Å². The summed E-state index contributed by atoms with van der Waals surface area (Å²) in [6.07, 6.45) is 1.10. The second-order valence-corrected chi connectivity index (χ2v) is 4.91. The summed E-state index contributed by atoms with van der Waals surface area (Å²) in [4.78, 5) is 6.36. The van der Waals surface area contributed by atoms with Crippen molar-refractivity contribution in [3.8, 4) is 0 Å². The van der Waals surface area contributed by atoms with Gasteiger partial charge in [0.25, 0.3) is 0 Å². The zero-order chi connectivity index (χ0) is 14.1. The molecule has 20 heavy (non-hydrogen) atoms. The van der Waals surface area contributed by atoms with Gasteiger partial charge in [0, 0.05) is 26.7 Å². The van der Waals surface area contributed by atoms with Crippen molar-refractivity contribution in [1.29, 1.82) is 0 Å². The maximum Gasteiger partial charge on any atom is 0.191 e. The van der Waals surface area contributed by atoms with Crippen LogP contribution in [-0.4, -0.2) is 38.5 Å². The first kappa shape index (κ1) is 19.2. The topological polar surface area (TPSA) is 39.7 Å². The fraction of sp³-hybridized carbons (Fsp3) is 0.533. The van der Waals surface area contributed by atoms with Crippen LogP contribution in [0.1, 0.15) is 24.5 Å². The Hall–Kier alpha value is -0.820. The highest BCUT2D eigenvalue weighted by Gasteiger charge is 1.99. The summed E-state index contributed by atoms with van der Waals surface area (Å²) in [5.74, 6) is 0.860. The highest BCUT2D eigenvalue weighted by molar-refractivity contribution is 14.0. The SMILES string of the molecule is CCCNC(=NC)NCc1ccc(CN(C)C)cc1.I. The Balaban J connectivity index is 0.00000361. The van der Waals surface area contributed by atoms with Crippen molar-refractivity contribution in [3.05, 3.63) is 35.4 Å². The smallest absolute Gasteiger partial charge is 0.191 e. The Kier molecular flexibility index (Phi) is 10.5. The first-order valence-corrected chi connectivity index (χ1v) is 6.82. The molecule has 0 aromatic heterocycles. The van der Waals surface area contributed by atoms with Gasteiger partial charge in [0.1, 0.15) is 0 Å². The lowest BCUT2D eigenvalue weighted by Crippen LogP contribution is -2.37. The lowest BCUT2D eigenvalue weighted by atomic mass is 10.1. The fourth-order valence-corrected chi connectivity index (χ4v) is 1.78. The predicted molar refractivity (Wildman–Crippen MR) is 97.7 cm³/mol. The van der Waals surface area contributed by atoms with Crippen molar-refractivity contribution >= 4 is 29.9 Å². The molecule has 0 radical (unpaired) electrons. The van der Waals surface area contributed by atoms with E-state index in [1.165, 1.54) is 11.1 Å². The molecule has 0 saturated heterocycles. The zero-order valence-corrected chi connectivity index (χ0v) is 15.3. The minimum atomic E-state index is 0. The number of benzene rings is 1. The summed E-state index contributed by atoms with van der Waals surface area (Å²) >= 11 is 0. The van der Waals surface area contributed by atoms with Gasteiger partial charge in [-0.05, 0) is 31.6 Å². The van der Waals surface area contributed by atoms with Gasteiger partial charge in [-0.3, -0.25) is 4.99 Å². The van der Waals surface area contributed by atoms with Gasteiger partial charge in [0.15, 0.2) is 5.96 Å². The number of hydrogen-bond acceptors (Lipinski definition) is 2. The molecule has 0 spiro atoms. The molecule has 1 aromatic rings. The van der Waals surface area contributed by atoms with Crippen LogP contribution in [0.15, 0.2) is 29.3 Å². The average Bonchev–Trinajstić information content (AvgIpc) is 2.40. The van der Waals surface area contributed by atoms with Crippen LogP contribution in [0.3, 0.4) is 0 Å². The van der Waals surface area contributed by atoms with Gasteiger partial charge in [0.2, 0.25) is 0 Å². The van der Waals surface area contributed by atoms with Gasteiger partial charge in [0.05, 0.1) is 0 Å². The van der Waals surface area contributed by atoms with E-state index in [0.717, 1.165) is 32.0 Å². The number of halogens is 1. The molecule has 0 heterocycles. The molecule has 0 aliphatic rings. The fourth-order valence-electron chi connectivity index (χ4n) is 1.78. The van der Waals surface area contributed by atoms with Crippen molar-refractivity contribution in [2.75, 3.05) is 27.7 Å². The molecular weight excluding hydrogens is 363 g/mol. The molecular formula is C15H27IN4. The largest absolute Gasteiger partial charge is 0.356 e. The number of hydrogen-bond donors (Lipinski definition) is 2. The molecule has 0 amide bonds. The third-order valence-corrected chi connectivity index (χ3v) is 2.75. The van der Waals surface area contributed by atoms with E-state index in [0.29, 0.717) is 0 Å². The van der Waals surface area contributed by atoms with Crippen LogP contribution in [0.4, 0.5) is 0 Å². The molecule has 0 aliphatic heterocycles. The lowest BCUT2D eigenvalue weighted by Gasteiger charge is -2.12. The number of rotatable bonds is 6. The monoisotopic (exact) mass is 390 g/mol. The molecule has 114 valence electrons. The van der Waals surface area contributed by atoms with Crippen molar-refractivity contribution in [2.24, 2.45) is 4.99 Å². The van der Waals surface area contributed by atoms with E-state index < -0.39 is 0 Å². The van der Waals surface area contributed by atoms with Crippen molar-refractivity contribution < 1.29 is 0 Å². The predicted octanol–water partition coefficient (Wildman–Crippen LogP) is 2.44. The van der Waals surface area contributed by atoms with Crippen LogP contribution in [0.2, 0.25) is 0 Å². The molecule has 5 heteroatoms. The van der Waals surface area contributed by atoms with Crippen molar-refractivity contribution in [3.63, 3.8) is 0 Å². The second kappa shape index (κ2) is 10.9. The summed E-state index contributed by atoms with van der Waals surface area (Å²) in [5, 5.41) is 6.57. The van der Waals surface area contributed by atoms with E-state index in [1.54, 1.807) is 7.05 Å². The molecule has 0 bridgehead atoms. The van der Waals surface area contributed by atoms with Crippen LogP contribution in [0, 0.1) is 0 Å². The minimum Gasteiger partial charge on any atom is -0.356 e. The highest BCUT2D eigenvalue weighted by atomic mass is 127. The Morgan fingerprint density at radius 3 is 2.20 bits per heavy atom. The molecule has 1 aromatic carbocycles. The van der Waals surface area contributed by atoms with E-state index >= 15 is 0 Å². The Morgan fingerprint density at radius 1 is 1.10 bits per heavy atom. The van der Waals surface area contributed by atoms with Gasteiger partial charge in [-0.1, -0.05) is 31.2 Å². The maximum absolute atomic E-state index is 4.19. The van der Waals surface area contributed by atoms with E-state index in [1.807, 2.05) is 0 Å². The van der Waals surface area contributed by atoms with Gasteiger partial charge in [-0.25, -0.2) is 0 Å². The third-order valence-electron chi connectivity index (χ3n) is 2.75. The summed E-state index contributed by atoms with van der Waals surface area (Å²) in [6, 6.07) is 8.69. The summed E-state index contributed by atoms with van der Waals surface area (Å²) < 4.78 is 0. The number of nitrogens with zero attached hydrogens (tertiary/aromatic N) is 2. The molecule has 4 nitrogen and oxygen atoms in total. The van der Waals surface area contributed by atoms with Crippen LogP contribution in [0.25, 0.3) is 0 Å². The lowest BCUT2D eigenvalue weighted by molar-refractivity contribution is 0.402. The molecule has 0 saturated carbocycles. The second-order valence-electron chi connectivity index (χ2n) is 4.91. The van der Waals surface area contributed by atoms with Gasteiger partial charge in [-0.15, -0.1) is 24.0 Å². The summed E-state index contributed by atoms with van der Waals surface area (Å²) in [5.41, 5.74) is 2.60. The Bertz CT molecular complexity index is 387. The number of nitrogens with one attached hydrogen (secondary N) is 2. The standard InChI is InChI=1S/C15H26N4.HI/c1-5-10-17-15(16-2)18-11-13-6-8-14(9-7-13)12-19(3)4;/h6-9H,5,10-12H2,1-4H3,(H2,16,17,18);1H. The van der Waals surface area contributed by atoms with Crippen LogP contribution in [-0.2, 0) is 13.1 Å². The Labute approximate surface area is 140 Å². The Morgan fingerprint density at radius 2 is 1.70 bits per heavy atom. The molecule has 0 unspecified atom stereocenters. The van der Waals surface area contributed by atoms with Crippen LogP contribution < -0.4 is 10.6 Å². The summed E-state index contributed by atoms with van der Waals surface area (Å²) in [7, 11) is 5.96.